The molecule has 0 saturated carbocycles. The number of hydrogen-bond donors (Lipinski definition) is 1. The maximum atomic E-state index is 14.0. The molecule has 0 radical (unpaired) electrons. The summed E-state index contributed by atoms with van der Waals surface area (Å²) in [5.74, 6) is -0.411. The van der Waals surface area contributed by atoms with E-state index >= 15 is 0 Å². The second-order valence-corrected chi connectivity index (χ2v) is 5.65. The molecule has 0 bridgehead atoms. The van der Waals surface area contributed by atoms with Crippen LogP contribution in [0.5, 0.6) is 5.75 Å². The molecule has 2 nitrogen and oxygen atoms in total. The Hall–Kier alpha value is -3.20. The first kappa shape index (κ1) is 14.4. The Morgan fingerprint density at radius 3 is 1.83 bits per heavy atom. The van der Waals surface area contributed by atoms with E-state index in [2.05, 4.69) is 0 Å². The third-order valence-electron chi connectivity index (χ3n) is 4.26. The summed E-state index contributed by atoms with van der Waals surface area (Å²) in [7, 11) is 0. The summed E-state index contributed by atoms with van der Waals surface area (Å²) in [4.78, 5) is 13.1. The van der Waals surface area contributed by atoms with Gasteiger partial charge < -0.3 is 5.11 Å². The van der Waals surface area contributed by atoms with Crippen molar-refractivity contribution in [1.29, 1.82) is 0 Å². The zero-order valence-electron chi connectivity index (χ0n) is 12.7. The van der Waals surface area contributed by atoms with Crippen LogP contribution in [0.15, 0.2) is 72.8 Å². The minimum atomic E-state index is -0.349. The van der Waals surface area contributed by atoms with Gasteiger partial charge >= 0.3 is 0 Å². The van der Waals surface area contributed by atoms with Gasteiger partial charge in [-0.25, -0.2) is 4.39 Å². The molecule has 0 saturated heterocycles. The first-order chi connectivity index (χ1) is 11.7. The zero-order valence-corrected chi connectivity index (χ0v) is 12.7. The number of benzene rings is 4. The predicted octanol–water partition coefficient (Wildman–Crippen LogP) is 5.07. The van der Waals surface area contributed by atoms with E-state index in [4.69, 9.17) is 0 Å². The number of carbonyl (C=O) groups excluding carboxylic acids is 1. The van der Waals surface area contributed by atoms with Crippen molar-refractivity contribution in [2.75, 3.05) is 0 Å². The number of phenols is 1. The highest BCUT2D eigenvalue weighted by Crippen LogP contribution is 2.31. The lowest BCUT2D eigenvalue weighted by Gasteiger charge is -2.10. The third kappa shape index (κ3) is 2.14. The summed E-state index contributed by atoms with van der Waals surface area (Å²) in [6.07, 6.45) is 0. The SMILES string of the molecule is O=C(c1ccc(O)c2ccccc12)c1ccc(F)c2ccccc12. The number of ketones is 1. The van der Waals surface area contributed by atoms with Crippen LogP contribution < -0.4 is 0 Å². The molecular formula is C21H13FO2. The predicted molar refractivity (Wildman–Crippen MR) is 93.0 cm³/mol. The summed E-state index contributed by atoms with van der Waals surface area (Å²) in [6.45, 7) is 0. The second kappa shape index (κ2) is 5.46. The number of halogens is 1. The molecule has 24 heavy (non-hydrogen) atoms. The smallest absolute Gasteiger partial charge is 0.194 e. The topological polar surface area (TPSA) is 37.3 Å². The van der Waals surface area contributed by atoms with E-state index in [9.17, 15) is 14.3 Å². The molecule has 0 amide bonds. The Labute approximate surface area is 137 Å². The van der Waals surface area contributed by atoms with Crippen LogP contribution >= 0.6 is 0 Å². The Morgan fingerprint density at radius 1 is 0.667 bits per heavy atom. The van der Waals surface area contributed by atoms with E-state index in [1.807, 2.05) is 12.1 Å². The van der Waals surface area contributed by atoms with E-state index in [1.54, 1.807) is 42.5 Å². The fourth-order valence-corrected chi connectivity index (χ4v) is 3.09. The van der Waals surface area contributed by atoms with Crippen LogP contribution in [0.4, 0.5) is 4.39 Å². The minimum absolute atomic E-state index is 0.131. The Morgan fingerprint density at radius 2 is 1.17 bits per heavy atom. The number of aromatic hydroxyl groups is 1. The first-order valence-corrected chi connectivity index (χ1v) is 7.59. The average Bonchev–Trinajstić information content (AvgIpc) is 2.62. The fraction of sp³-hybridized carbons (Fsp3) is 0. The van der Waals surface area contributed by atoms with Gasteiger partial charge in [-0.05, 0) is 35.0 Å². The zero-order chi connectivity index (χ0) is 16.7. The molecule has 0 aliphatic carbocycles. The van der Waals surface area contributed by atoms with Crippen molar-refractivity contribution in [1.82, 2.24) is 0 Å². The van der Waals surface area contributed by atoms with Crippen molar-refractivity contribution >= 4 is 27.3 Å². The van der Waals surface area contributed by atoms with Crippen molar-refractivity contribution in [3.05, 3.63) is 89.7 Å². The fourth-order valence-electron chi connectivity index (χ4n) is 3.09. The van der Waals surface area contributed by atoms with E-state index in [0.717, 1.165) is 0 Å². The van der Waals surface area contributed by atoms with Crippen molar-refractivity contribution in [2.24, 2.45) is 0 Å². The lowest BCUT2D eigenvalue weighted by Crippen LogP contribution is -2.03. The van der Waals surface area contributed by atoms with Gasteiger partial charge in [-0.2, -0.15) is 0 Å². The maximum Gasteiger partial charge on any atom is 0.194 e. The summed E-state index contributed by atoms with van der Waals surface area (Å²) < 4.78 is 14.0. The highest BCUT2D eigenvalue weighted by Gasteiger charge is 2.17. The van der Waals surface area contributed by atoms with Gasteiger partial charge in [0.25, 0.3) is 0 Å². The van der Waals surface area contributed by atoms with Gasteiger partial charge in [-0.1, -0.05) is 48.5 Å². The maximum absolute atomic E-state index is 14.0. The largest absolute Gasteiger partial charge is 0.507 e. The Balaban J connectivity index is 1.99. The normalized spacial score (nSPS) is 11.0. The molecule has 1 N–H and O–H groups in total. The van der Waals surface area contributed by atoms with Crippen LogP contribution in [0, 0.1) is 5.82 Å². The van der Waals surface area contributed by atoms with Gasteiger partial charge in [0.2, 0.25) is 0 Å². The van der Waals surface area contributed by atoms with Crippen LogP contribution in [0.25, 0.3) is 21.5 Å². The molecule has 3 heteroatoms. The van der Waals surface area contributed by atoms with Gasteiger partial charge in [-0.3, -0.25) is 4.79 Å². The molecular weight excluding hydrogens is 303 g/mol. The molecule has 0 fully saturated rings. The van der Waals surface area contributed by atoms with E-state index < -0.39 is 0 Å². The van der Waals surface area contributed by atoms with Gasteiger partial charge in [0.1, 0.15) is 11.6 Å². The second-order valence-electron chi connectivity index (χ2n) is 5.65. The highest BCUT2D eigenvalue weighted by atomic mass is 19.1. The molecule has 0 aliphatic heterocycles. The van der Waals surface area contributed by atoms with Crippen molar-refractivity contribution in [3.8, 4) is 5.75 Å². The molecule has 0 aromatic heterocycles. The third-order valence-corrected chi connectivity index (χ3v) is 4.26. The molecule has 4 rings (SSSR count). The van der Waals surface area contributed by atoms with Crippen molar-refractivity contribution in [2.45, 2.75) is 0 Å². The molecule has 0 spiro atoms. The average molecular weight is 316 g/mol. The van der Waals surface area contributed by atoms with E-state index in [-0.39, 0.29) is 17.3 Å². The molecule has 4 aromatic rings. The van der Waals surface area contributed by atoms with Crippen LogP contribution in [0.1, 0.15) is 15.9 Å². The number of hydrogen-bond acceptors (Lipinski definition) is 2. The van der Waals surface area contributed by atoms with E-state index in [1.165, 1.54) is 18.2 Å². The molecule has 0 atom stereocenters. The monoisotopic (exact) mass is 316 g/mol. The summed E-state index contributed by atoms with van der Waals surface area (Å²) in [6, 6.07) is 20.1. The van der Waals surface area contributed by atoms with Gasteiger partial charge in [0.15, 0.2) is 5.78 Å². The van der Waals surface area contributed by atoms with Crippen LogP contribution in [-0.4, -0.2) is 10.9 Å². The summed E-state index contributed by atoms with van der Waals surface area (Å²) in [5, 5.41) is 12.3. The molecule has 0 aliphatic rings. The van der Waals surface area contributed by atoms with Crippen molar-refractivity contribution in [3.63, 3.8) is 0 Å². The number of rotatable bonds is 2. The van der Waals surface area contributed by atoms with Crippen LogP contribution in [0.3, 0.4) is 0 Å². The van der Waals surface area contributed by atoms with Crippen LogP contribution in [-0.2, 0) is 0 Å². The van der Waals surface area contributed by atoms with Crippen LogP contribution in [0.2, 0.25) is 0 Å². The lowest BCUT2D eigenvalue weighted by atomic mass is 9.93. The Bertz CT molecular complexity index is 1010. The highest BCUT2D eigenvalue weighted by molar-refractivity contribution is 6.21. The Kier molecular flexibility index (Phi) is 3.28. The molecule has 0 unspecified atom stereocenters. The standard InChI is InChI=1S/C21H13FO2/c22-19-11-9-17(13-5-1-3-7-15(13)19)21(24)18-10-12-20(23)16-8-4-2-6-14(16)18/h1-12,23H. The number of phenolic OH excluding ortho intramolecular Hbond substituents is 1. The minimum Gasteiger partial charge on any atom is -0.507 e. The van der Waals surface area contributed by atoms with Gasteiger partial charge in [0, 0.05) is 21.9 Å². The summed E-state index contributed by atoms with van der Waals surface area (Å²) >= 11 is 0. The van der Waals surface area contributed by atoms with Gasteiger partial charge in [0.05, 0.1) is 0 Å². The quantitative estimate of drug-likeness (QED) is 0.524. The molecule has 0 heterocycles. The number of carbonyl (C=O) groups is 1. The van der Waals surface area contributed by atoms with E-state index in [0.29, 0.717) is 32.7 Å². The first-order valence-electron chi connectivity index (χ1n) is 7.59. The lowest BCUT2D eigenvalue weighted by molar-refractivity contribution is 0.104. The van der Waals surface area contributed by atoms with Crippen molar-refractivity contribution < 1.29 is 14.3 Å². The molecule has 116 valence electrons. The summed E-state index contributed by atoms with van der Waals surface area (Å²) in [5.41, 5.74) is 0.933. The van der Waals surface area contributed by atoms with Gasteiger partial charge in [-0.15, -0.1) is 0 Å². The number of fused-ring (bicyclic) bond motifs is 2. The molecule has 4 aromatic carbocycles.